The summed E-state index contributed by atoms with van der Waals surface area (Å²) in [5, 5.41) is 9.28. The quantitative estimate of drug-likeness (QED) is 0.584. The Morgan fingerprint density at radius 1 is 1.29 bits per heavy atom. The number of hydrazine groups is 1. The summed E-state index contributed by atoms with van der Waals surface area (Å²) in [6, 6.07) is 0.258. The second kappa shape index (κ2) is 5.32. The zero-order chi connectivity index (χ0) is 10.6. The van der Waals surface area contributed by atoms with Gasteiger partial charge >= 0.3 is 0 Å². The molecular weight excluding hydrogens is 180 g/mol. The molecule has 0 aromatic carbocycles. The van der Waals surface area contributed by atoms with Gasteiger partial charge in [-0.15, -0.1) is 0 Å². The second-order valence-corrected chi connectivity index (χ2v) is 4.29. The summed E-state index contributed by atoms with van der Waals surface area (Å²) in [6.07, 6.45) is 2.90. The zero-order valence-corrected chi connectivity index (χ0v) is 8.92. The highest BCUT2D eigenvalue weighted by Crippen LogP contribution is 2.23. The second-order valence-electron chi connectivity index (χ2n) is 4.29. The molecule has 0 atom stereocenters. The van der Waals surface area contributed by atoms with Crippen LogP contribution in [0.3, 0.4) is 0 Å². The number of nitrogens with one attached hydrogen (secondary N) is 2. The van der Waals surface area contributed by atoms with Crippen molar-refractivity contribution in [2.75, 3.05) is 0 Å². The van der Waals surface area contributed by atoms with E-state index < -0.39 is 0 Å². The summed E-state index contributed by atoms with van der Waals surface area (Å²) >= 11 is 0. The van der Waals surface area contributed by atoms with Crippen LogP contribution in [0.4, 0.5) is 0 Å². The highest BCUT2D eigenvalue weighted by Gasteiger charge is 2.24. The Labute approximate surface area is 85.0 Å². The van der Waals surface area contributed by atoms with E-state index >= 15 is 0 Å². The van der Waals surface area contributed by atoms with Crippen LogP contribution < -0.4 is 10.9 Å². The van der Waals surface area contributed by atoms with Crippen LogP contribution in [0.25, 0.3) is 0 Å². The molecule has 0 aromatic rings. The summed E-state index contributed by atoms with van der Waals surface area (Å²) in [6.45, 7) is 3.95. The maximum absolute atomic E-state index is 11.6. The minimum atomic E-state index is -0.197. The molecule has 4 heteroatoms. The van der Waals surface area contributed by atoms with Crippen LogP contribution in [0.5, 0.6) is 0 Å². The van der Waals surface area contributed by atoms with Crippen molar-refractivity contribution in [2.24, 2.45) is 5.92 Å². The van der Waals surface area contributed by atoms with E-state index in [1.807, 2.05) is 13.8 Å². The molecule has 14 heavy (non-hydrogen) atoms. The number of carbonyl (C=O) groups excluding carboxylic acids is 1. The van der Waals surface area contributed by atoms with E-state index in [2.05, 4.69) is 10.9 Å². The third-order valence-electron chi connectivity index (χ3n) is 2.55. The van der Waals surface area contributed by atoms with Gasteiger partial charge in [-0.3, -0.25) is 10.2 Å². The van der Waals surface area contributed by atoms with E-state index in [9.17, 15) is 9.90 Å². The highest BCUT2D eigenvalue weighted by atomic mass is 16.3. The number of amides is 1. The SMILES string of the molecule is CC(C)NNC(=O)C1CCC(O)CC1. The lowest BCUT2D eigenvalue weighted by atomic mass is 9.87. The Morgan fingerprint density at radius 2 is 1.86 bits per heavy atom. The van der Waals surface area contributed by atoms with E-state index in [0.29, 0.717) is 0 Å². The number of aliphatic hydroxyl groups excluding tert-OH is 1. The standard InChI is InChI=1S/C10H20N2O2/c1-7(2)11-12-10(14)8-3-5-9(13)6-4-8/h7-9,11,13H,3-6H2,1-2H3,(H,12,14). The molecule has 1 fully saturated rings. The molecule has 1 aliphatic rings. The molecule has 0 unspecified atom stereocenters. The maximum Gasteiger partial charge on any atom is 0.237 e. The maximum atomic E-state index is 11.6. The van der Waals surface area contributed by atoms with Crippen molar-refractivity contribution in [2.45, 2.75) is 51.7 Å². The van der Waals surface area contributed by atoms with Crippen LogP contribution in [-0.4, -0.2) is 23.2 Å². The lowest BCUT2D eigenvalue weighted by molar-refractivity contribution is -0.127. The first kappa shape index (κ1) is 11.5. The van der Waals surface area contributed by atoms with Gasteiger partial charge in [0.1, 0.15) is 0 Å². The van der Waals surface area contributed by atoms with E-state index in [-0.39, 0.29) is 24.0 Å². The molecule has 1 aliphatic carbocycles. The normalized spacial score (nSPS) is 27.7. The molecular formula is C10H20N2O2. The summed E-state index contributed by atoms with van der Waals surface area (Å²) in [5.74, 6) is 0.134. The van der Waals surface area contributed by atoms with E-state index in [1.54, 1.807) is 0 Å². The molecule has 0 saturated heterocycles. The van der Waals surface area contributed by atoms with Gasteiger partial charge in [0.05, 0.1) is 6.10 Å². The van der Waals surface area contributed by atoms with Gasteiger partial charge in [-0.2, -0.15) is 0 Å². The Kier molecular flexibility index (Phi) is 4.35. The van der Waals surface area contributed by atoms with Crippen molar-refractivity contribution >= 4 is 5.91 Å². The topological polar surface area (TPSA) is 61.4 Å². The predicted octanol–water partition coefficient (Wildman–Crippen LogP) is 0.567. The van der Waals surface area contributed by atoms with Crippen LogP contribution in [0, 0.1) is 5.92 Å². The minimum Gasteiger partial charge on any atom is -0.393 e. The highest BCUT2D eigenvalue weighted by molar-refractivity contribution is 5.78. The van der Waals surface area contributed by atoms with Crippen LogP contribution in [-0.2, 0) is 4.79 Å². The number of rotatable bonds is 3. The Bertz CT molecular complexity index is 187. The first-order chi connectivity index (χ1) is 6.59. The minimum absolute atomic E-state index is 0.0607. The van der Waals surface area contributed by atoms with Gasteiger partial charge < -0.3 is 5.11 Å². The average Bonchev–Trinajstić information content (AvgIpc) is 2.15. The molecule has 0 radical (unpaired) electrons. The van der Waals surface area contributed by atoms with Crippen molar-refractivity contribution in [3.05, 3.63) is 0 Å². The lowest BCUT2D eigenvalue weighted by Gasteiger charge is -2.24. The molecule has 4 nitrogen and oxygen atoms in total. The number of aliphatic hydroxyl groups is 1. The van der Waals surface area contributed by atoms with Crippen LogP contribution in [0.15, 0.2) is 0 Å². The van der Waals surface area contributed by atoms with E-state index in [4.69, 9.17) is 0 Å². The van der Waals surface area contributed by atoms with Gasteiger partial charge in [-0.1, -0.05) is 0 Å². The number of hydrogen-bond donors (Lipinski definition) is 3. The van der Waals surface area contributed by atoms with Gasteiger partial charge in [0.2, 0.25) is 5.91 Å². The molecule has 0 bridgehead atoms. The molecule has 1 rings (SSSR count). The fourth-order valence-corrected chi connectivity index (χ4v) is 1.66. The van der Waals surface area contributed by atoms with Crippen molar-refractivity contribution in [1.29, 1.82) is 0 Å². The molecule has 3 N–H and O–H groups in total. The zero-order valence-electron chi connectivity index (χ0n) is 8.92. The van der Waals surface area contributed by atoms with Crippen molar-refractivity contribution in [1.82, 2.24) is 10.9 Å². The molecule has 82 valence electrons. The Balaban J connectivity index is 2.24. The summed E-state index contributed by atoms with van der Waals surface area (Å²) in [4.78, 5) is 11.6. The van der Waals surface area contributed by atoms with Gasteiger partial charge in [0.25, 0.3) is 0 Å². The number of carbonyl (C=O) groups is 1. The fourth-order valence-electron chi connectivity index (χ4n) is 1.66. The van der Waals surface area contributed by atoms with Crippen molar-refractivity contribution in [3.63, 3.8) is 0 Å². The molecule has 0 heterocycles. The van der Waals surface area contributed by atoms with Crippen LogP contribution in [0.2, 0.25) is 0 Å². The summed E-state index contributed by atoms with van der Waals surface area (Å²) in [7, 11) is 0. The van der Waals surface area contributed by atoms with Gasteiger partial charge in [-0.05, 0) is 39.5 Å². The van der Waals surface area contributed by atoms with E-state index in [1.165, 1.54) is 0 Å². The van der Waals surface area contributed by atoms with Gasteiger partial charge in [0.15, 0.2) is 0 Å². The smallest absolute Gasteiger partial charge is 0.237 e. The van der Waals surface area contributed by atoms with Crippen LogP contribution >= 0.6 is 0 Å². The molecule has 0 aromatic heterocycles. The predicted molar refractivity (Wildman–Crippen MR) is 54.4 cm³/mol. The Morgan fingerprint density at radius 3 is 2.36 bits per heavy atom. The first-order valence-corrected chi connectivity index (χ1v) is 5.33. The van der Waals surface area contributed by atoms with Crippen LogP contribution in [0.1, 0.15) is 39.5 Å². The molecule has 1 saturated carbocycles. The van der Waals surface area contributed by atoms with E-state index in [0.717, 1.165) is 25.7 Å². The molecule has 0 aliphatic heterocycles. The fraction of sp³-hybridized carbons (Fsp3) is 0.900. The molecule has 0 spiro atoms. The number of hydrogen-bond acceptors (Lipinski definition) is 3. The summed E-state index contributed by atoms with van der Waals surface area (Å²) in [5.41, 5.74) is 5.59. The first-order valence-electron chi connectivity index (χ1n) is 5.33. The largest absolute Gasteiger partial charge is 0.393 e. The van der Waals surface area contributed by atoms with Gasteiger partial charge in [-0.25, -0.2) is 5.43 Å². The average molecular weight is 200 g/mol. The lowest BCUT2D eigenvalue weighted by Crippen LogP contribution is -2.45. The van der Waals surface area contributed by atoms with Crippen molar-refractivity contribution < 1.29 is 9.90 Å². The van der Waals surface area contributed by atoms with Gasteiger partial charge in [0, 0.05) is 12.0 Å². The molecule has 1 amide bonds. The Hall–Kier alpha value is -0.610. The third-order valence-corrected chi connectivity index (χ3v) is 2.55. The van der Waals surface area contributed by atoms with Crippen molar-refractivity contribution in [3.8, 4) is 0 Å². The monoisotopic (exact) mass is 200 g/mol. The third kappa shape index (κ3) is 3.64. The summed E-state index contributed by atoms with van der Waals surface area (Å²) < 4.78 is 0.